The molecule has 2 aliphatic heterocycles. The van der Waals surface area contributed by atoms with Crippen LogP contribution >= 0.6 is 0 Å². The molecule has 0 saturated carbocycles. The molecule has 1 atom stereocenters. The number of benzene rings is 2. The van der Waals surface area contributed by atoms with Crippen molar-refractivity contribution in [1.29, 1.82) is 0 Å². The lowest BCUT2D eigenvalue weighted by Gasteiger charge is -2.36. The van der Waals surface area contributed by atoms with Gasteiger partial charge in [-0.05, 0) is 49.2 Å². The third-order valence-electron chi connectivity index (χ3n) is 6.35. The van der Waals surface area contributed by atoms with Crippen LogP contribution in [0.2, 0.25) is 0 Å². The molecule has 4 rings (SSSR count). The summed E-state index contributed by atoms with van der Waals surface area (Å²) in [5, 5.41) is 0. The van der Waals surface area contributed by atoms with Crippen molar-refractivity contribution in [2.45, 2.75) is 18.9 Å². The average molecular weight is 424 g/mol. The summed E-state index contributed by atoms with van der Waals surface area (Å²) < 4.78 is 11.1. The minimum atomic E-state index is 0.251. The van der Waals surface area contributed by atoms with Gasteiger partial charge in [-0.15, -0.1) is 0 Å². The summed E-state index contributed by atoms with van der Waals surface area (Å²) >= 11 is 0. The predicted octanol–water partition coefficient (Wildman–Crippen LogP) is 3.06. The molecule has 31 heavy (non-hydrogen) atoms. The summed E-state index contributed by atoms with van der Waals surface area (Å²) in [4.78, 5) is 19.7. The third kappa shape index (κ3) is 5.77. The van der Waals surface area contributed by atoms with Crippen molar-refractivity contribution in [3.8, 4) is 11.5 Å². The first kappa shape index (κ1) is 21.7. The average Bonchev–Trinajstić information content (AvgIpc) is 3.28. The normalized spacial score (nSPS) is 20.0. The Morgan fingerprint density at radius 1 is 0.935 bits per heavy atom. The van der Waals surface area contributed by atoms with Crippen LogP contribution in [0, 0.1) is 0 Å². The number of hydrogen-bond acceptors (Lipinski definition) is 5. The largest absolute Gasteiger partial charge is 0.497 e. The van der Waals surface area contributed by atoms with Crippen LogP contribution in [0.15, 0.2) is 54.6 Å². The SMILES string of the molecule is COc1ccc([C@@H]2CCCN2CC(=O)N2CCN(CCOc3ccccc3)CC2)cc1. The van der Waals surface area contributed by atoms with E-state index in [1.54, 1.807) is 7.11 Å². The molecule has 2 aliphatic rings. The van der Waals surface area contributed by atoms with Crippen LogP contribution in [-0.2, 0) is 4.79 Å². The van der Waals surface area contributed by atoms with Crippen molar-refractivity contribution >= 4 is 5.91 Å². The van der Waals surface area contributed by atoms with Crippen LogP contribution in [0.5, 0.6) is 11.5 Å². The molecule has 2 saturated heterocycles. The number of nitrogens with zero attached hydrogens (tertiary/aromatic N) is 3. The quantitative estimate of drug-likeness (QED) is 0.653. The Balaban J connectivity index is 1.21. The highest BCUT2D eigenvalue weighted by Crippen LogP contribution is 2.32. The fraction of sp³-hybridized carbons (Fsp3) is 0.480. The second-order valence-electron chi connectivity index (χ2n) is 8.29. The van der Waals surface area contributed by atoms with Gasteiger partial charge in [0.2, 0.25) is 5.91 Å². The maximum Gasteiger partial charge on any atom is 0.236 e. The van der Waals surface area contributed by atoms with Gasteiger partial charge in [0.25, 0.3) is 0 Å². The van der Waals surface area contributed by atoms with Crippen LogP contribution in [0.4, 0.5) is 0 Å². The van der Waals surface area contributed by atoms with E-state index in [1.165, 1.54) is 5.56 Å². The number of hydrogen-bond donors (Lipinski definition) is 0. The number of methoxy groups -OCH3 is 1. The number of amides is 1. The van der Waals surface area contributed by atoms with Gasteiger partial charge in [-0.2, -0.15) is 0 Å². The summed E-state index contributed by atoms with van der Waals surface area (Å²) in [5.41, 5.74) is 1.27. The molecule has 0 spiro atoms. The Kier molecular flexibility index (Phi) is 7.43. The zero-order chi connectivity index (χ0) is 21.5. The van der Waals surface area contributed by atoms with Crippen molar-refractivity contribution in [2.75, 3.05) is 59.5 Å². The van der Waals surface area contributed by atoms with E-state index in [0.717, 1.165) is 63.6 Å². The summed E-state index contributed by atoms with van der Waals surface area (Å²) in [7, 11) is 1.69. The van der Waals surface area contributed by atoms with Gasteiger partial charge in [0, 0.05) is 38.8 Å². The van der Waals surface area contributed by atoms with Gasteiger partial charge >= 0.3 is 0 Å². The van der Waals surface area contributed by atoms with Crippen molar-refractivity contribution in [3.63, 3.8) is 0 Å². The number of para-hydroxylation sites is 1. The Morgan fingerprint density at radius 2 is 1.68 bits per heavy atom. The van der Waals surface area contributed by atoms with Crippen molar-refractivity contribution in [3.05, 3.63) is 60.2 Å². The standard InChI is InChI=1S/C25H33N3O3/c1-30-22-11-9-21(10-12-22)24-8-5-13-28(24)20-25(29)27-16-14-26(15-17-27)18-19-31-23-6-3-2-4-7-23/h2-4,6-7,9-12,24H,5,8,13-20H2,1H3/t24-/m0/s1. The minimum absolute atomic E-state index is 0.251. The Hall–Kier alpha value is -2.57. The molecule has 6 heteroatoms. The maximum absolute atomic E-state index is 13.0. The molecule has 0 radical (unpaired) electrons. The van der Waals surface area contributed by atoms with Gasteiger partial charge in [0.05, 0.1) is 13.7 Å². The molecule has 2 aromatic rings. The second-order valence-corrected chi connectivity index (χ2v) is 8.29. The van der Waals surface area contributed by atoms with Crippen LogP contribution in [0.25, 0.3) is 0 Å². The van der Waals surface area contributed by atoms with Crippen LogP contribution in [0.1, 0.15) is 24.4 Å². The highest BCUT2D eigenvalue weighted by atomic mass is 16.5. The number of carbonyl (C=O) groups is 1. The van der Waals surface area contributed by atoms with Gasteiger partial charge in [-0.3, -0.25) is 14.6 Å². The highest BCUT2D eigenvalue weighted by Gasteiger charge is 2.30. The van der Waals surface area contributed by atoms with Crippen LogP contribution in [-0.4, -0.2) is 80.1 Å². The molecule has 1 amide bonds. The topological polar surface area (TPSA) is 45.2 Å². The number of ether oxygens (including phenoxy) is 2. The van der Waals surface area contributed by atoms with Crippen molar-refractivity contribution in [1.82, 2.24) is 14.7 Å². The summed E-state index contributed by atoms with van der Waals surface area (Å²) in [6, 6.07) is 18.5. The number of carbonyl (C=O) groups excluding carboxylic acids is 1. The first-order valence-corrected chi connectivity index (χ1v) is 11.3. The molecule has 166 valence electrons. The van der Waals surface area contributed by atoms with Crippen LogP contribution < -0.4 is 9.47 Å². The molecule has 2 heterocycles. The lowest BCUT2D eigenvalue weighted by atomic mass is 10.0. The van der Waals surface area contributed by atoms with E-state index in [4.69, 9.17) is 9.47 Å². The van der Waals surface area contributed by atoms with Crippen molar-refractivity contribution in [2.24, 2.45) is 0 Å². The van der Waals surface area contributed by atoms with Gasteiger partial charge < -0.3 is 14.4 Å². The smallest absolute Gasteiger partial charge is 0.236 e. The fourth-order valence-corrected chi connectivity index (χ4v) is 4.52. The van der Waals surface area contributed by atoms with Gasteiger partial charge in [0.1, 0.15) is 18.1 Å². The zero-order valence-corrected chi connectivity index (χ0v) is 18.4. The van der Waals surface area contributed by atoms with Gasteiger partial charge in [-0.1, -0.05) is 30.3 Å². The molecule has 6 nitrogen and oxygen atoms in total. The first-order chi connectivity index (χ1) is 15.2. The first-order valence-electron chi connectivity index (χ1n) is 11.3. The molecule has 2 aromatic carbocycles. The number of rotatable bonds is 8. The van der Waals surface area contributed by atoms with Crippen molar-refractivity contribution < 1.29 is 14.3 Å². The monoisotopic (exact) mass is 423 g/mol. The zero-order valence-electron chi connectivity index (χ0n) is 18.4. The summed E-state index contributed by atoms with van der Waals surface area (Å²) in [6.45, 7) is 6.47. The summed E-state index contributed by atoms with van der Waals surface area (Å²) in [6.07, 6.45) is 2.24. The lowest BCUT2D eigenvalue weighted by Crippen LogP contribution is -2.51. The third-order valence-corrected chi connectivity index (χ3v) is 6.35. The number of likely N-dealkylation sites (tertiary alicyclic amines) is 1. The molecule has 0 aromatic heterocycles. The molecular weight excluding hydrogens is 390 g/mol. The molecule has 0 aliphatic carbocycles. The predicted molar refractivity (Wildman–Crippen MR) is 121 cm³/mol. The van der Waals surface area contributed by atoms with E-state index in [2.05, 4.69) is 21.9 Å². The maximum atomic E-state index is 13.0. The van der Waals surface area contributed by atoms with E-state index < -0.39 is 0 Å². The van der Waals surface area contributed by atoms with E-state index in [0.29, 0.717) is 19.2 Å². The minimum Gasteiger partial charge on any atom is -0.497 e. The molecule has 2 fully saturated rings. The highest BCUT2D eigenvalue weighted by molar-refractivity contribution is 5.78. The second kappa shape index (κ2) is 10.6. The Bertz CT molecular complexity index is 820. The molecular formula is C25H33N3O3. The molecule has 0 unspecified atom stereocenters. The van der Waals surface area contributed by atoms with E-state index in [9.17, 15) is 4.79 Å². The lowest BCUT2D eigenvalue weighted by molar-refractivity contribution is -0.134. The molecule has 0 bridgehead atoms. The summed E-state index contributed by atoms with van der Waals surface area (Å²) in [5.74, 6) is 2.03. The van der Waals surface area contributed by atoms with Crippen LogP contribution in [0.3, 0.4) is 0 Å². The van der Waals surface area contributed by atoms with Gasteiger partial charge in [-0.25, -0.2) is 0 Å². The van der Waals surface area contributed by atoms with Gasteiger partial charge in [0.15, 0.2) is 0 Å². The Labute approximate surface area is 185 Å². The van der Waals surface area contributed by atoms with E-state index in [-0.39, 0.29) is 5.91 Å². The van der Waals surface area contributed by atoms with E-state index >= 15 is 0 Å². The number of piperazine rings is 1. The van der Waals surface area contributed by atoms with E-state index in [1.807, 2.05) is 47.4 Å². The fourth-order valence-electron chi connectivity index (χ4n) is 4.52. The molecule has 0 N–H and O–H groups in total. The Morgan fingerprint density at radius 3 is 2.39 bits per heavy atom.